The minimum Gasteiger partial charge on any atom is -0.355 e. The van der Waals surface area contributed by atoms with Crippen LogP contribution in [-0.2, 0) is 14.2 Å². The van der Waals surface area contributed by atoms with Gasteiger partial charge in [0.25, 0.3) is 0 Å². The summed E-state index contributed by atoms with van der Waals surface area (Å²) in [6.07, 6.45) is -27.5. The monoisotopic (exact) mass is 438 g/mol. The topological polar surface area (TPSA) is 27.7 Å². The highest BCUT2D eigenvalue weighted by atomic mass is 19.4. The predicted molar refractivity (Wildman–Crippen MR) is 58.7 cm³/mol. The van der Waals surface area contributed by atoms with E-state index in [0.717, 1.165) is 0 Å². The van der Waals surface area contributed by atoms with Crippen molar-refractivity contribution in [3.63, 3.8) is 0 Å². The van der Waals surface area contributed by atoms with Gasteiger partial charge in [0.1, 0.15) is 0 Å². The molecule has 0 saturated carbocycles. The van der Waals surface area contributed by atoms with Gasteiger partial charge in [0.05, 0.1) is 0 Å². The van der Waals surface area contributed by atoms with Gasteiger partial charge in [-0.05, 0) is 6.42 Å². The fourth-order valence-corrected chi connectivity index (χ4v) is 1.14. The van der Waals surface area contributed by atoms with Crippen molar-refractivity contribution in [3.8, 4) is 0 Å². The second-order valence-corrected chi connectivity index (χ2v) is 4.82. The van der Waals surface area contributed by atoms with E-state index in [4.69, 9.17) is 0 Å². The van der Waals surface area contributed by atoms with E-state index in [-0.39, 0.29) is 13.0 Å². The van der Waals surface area contributed by atoms with E-state index in [1.54, 1.807) is 6.92 Å². The molecule has 0 aromatic carbocycles. The Balaban J connectivity index is 5.40. The third-order valence-electron chi connectivity index (χ3n) is 2.67. The molecule has 0 fully saturated rings. The molecule has 0 heterocycles. The lowest BCUT2D eigenvalue weighted by molar-refractivity contribution is -0.524. The zero-order chi connectivity index (χ0) is 21.9. The maximum Gasteiger partial charge on any atom is 0.462 e. The van der Waals surface area contributed by atoms with Crippen molar-refractivity contribution < 1.29 is 71.3 Å². The van der Waals surface area contributed by atoms with Crippen molar-refractivity contribution in [2.45, 2.75) is 56.1 Å². The van der Waals surface area contributed by atoms with E-state index in [9.17, 15) is 57.1 Å². The van der Waals surface area contributed by atoms with Gasteiger partial charge in [0.2, 0.25) is 0 Å². The van der Waals surface area contributed by atoms with Gasteiger partial charge < -0.3 is 4.74 Å². The molecule has 0 unspecified atom stereocenters. The zero-order valence-corrected chi connectivity index (χ0v) is 13.0. The van der Waals surface area contributed by atoms with Crippen LogP contribution in [0.1, 0.15) is 19.8 Å². The minimum absolute atomic E-state index is 0.198. The minimum atomic E-state index is -7.40. The maximum absolute atomic E-state index is 13.1. The molecular formula is C11H11F13O3. The number of ether oxygens (including phenoxy) is 3. The number of rotatable bonds is 11. The van der Waals surface area contributed by atoms with Crippen molar-refractivity contribution in [3.05, 3.63) is 0 Å². The molecule has 0 atom stereocenters. The van der Waals surface area contributed by atoms with Crippen molar-refractivity contribution in [2.24, 2.45) is 0 Å². The summed E-state index contributed by atoms with van der Waals surface area (Å²) in [7, 11) is 0. The van der Waals surface area contributed by atoms with Crippen LogP contribution in [-0.4, -0.2) is 49.7 Å². The lowest BCUT2D eigenvalue weighted by atomic mass is 10.2. The zero-order valence-electron chi connectivity index (χ0n) is 13.0. The third kappa shape index (κ3) is 5.49. The van der Waals surface area contributed by atoms with E-state index >= 15 is 0 Å². The Morgan fingerprint density at radius 1 is 0.630 bits per heavy atom. The van der Waals surface area contributed by atoms with E-state index < -0.39 is 43.1 Å². The largest absolute Gasteiger partial charge is 0.462 e. The summed E-state index contributed by atoms with van der Waals surface area (Å²) >= 11 is 0. The molecule has 0 saturated heterocycles. The summed E-state index contributed by atoms with van der Waals surface area (Å²) in [5.41, 5.74) is 0. The quantitative estimate of drug-likeness (QED) is 0.246. The molecule has 0 N–H and O–H groups in total. The molecule has 3 nitrogen and oxygen atoms in total. The smallest absolute Gasteiger partial charge is 0.355 e. The van der Waals surface area contributed by atoms with Gasteiger partial charge in [-0.15, -0.1) is 0 Å². The van der Waals surface area contributed by atoms with Gasteiger partial charge in [-0.2, -0.15) is 57.1 Å². The van der Waals surface area contributed by atoms with Crippen molar-refractivity contribution in [2.75, 3.05) is 13.4 Å². The lowest BCUT2D eigenvalue weighted by Gasteiger charge is -2.35. The van der Waals surface area contributed by atoms with Gasteiger partial charge in [-0.1, -0.05) is 13.3 Å². The summed E-state index contributed by atoms with van der Waals surface area (Å²) in [6.45, 7) is -0.531. The Morgan fingerprint density at radius 3 is 1.48 bits per heavy atom. The first-order chi connectivity index (χ1) is 11.8. The van der Waals surface area contributed by atoms with E-state index in [2.05, 4.69) is 9.47 Å². The number of unbranched alkanes of at least 4 members (excludes halogenated alkanes) is 1. The standard InChI is InChI=1S/C11H11F13O3/c1-2-3-4-25-5-26-9(19,20)7(14,15)11(23,24)27-10(21,22)6(12,13)8(16,17)18/h2-5H2,1H3. The van der Waals surface area contributed by atoms with Gasteiger partial charge in [0, 0.05) is 6.61 Å². The van der Waals surface area contributed by atoms with Crippen LogP contribution in [0.15, 0.2) is 0 Å². The fourth-order valence-electron chi connectivity index (χ4n) is 1.14. The highest BCUT2D eigenvalue weighted by molar-refractivity contribution is 4.91. The van der Waals surface area contributed by atoms with E-state index in [0.29, 0.717) is 6.42 Å². The molecule has 0 aliphatic rings. The highest BCUT2D eigenvalue weighted by Gasteiger charge is 2.82. The molecule has 0 amide bonds. The van der Waals surface area contributed by atoms with Crippen LogP contribution in [0.5, 0.6) is 0 Å². The number of hydrogen-bond donors (Lipinski definition) is 0. The van der Waals surface area contributed by atoms with Gasteiger partial charge >= 0.3 is 36.3 Å². The normalized spacial score (nSPS) is 15.3. The SMILES string of the molecule is CCCCOCOC(F)(F)C(F)(F)C(F)(F)OC(F)(F)C(F)(F)C(F)(F)F. The first kappa shape index (κ1) is 26.0. The first-order valence-corrected chi connectivity index (χ1v) is 6.64. The van der Waals surface area contributed by atoms with Crippen molar-refractivity contribution in [1.29, 1.82) is 0 Å². The Kier molecular flexibility index (Phi) is 7.83. The average Bonchev–Trinajstić information content (AvgIpc) is 2.44. The summed E-state index contributed by atoms with van der Waals surface area (Å²) in [6, 6.07) is 0. The predicted octanol–water partition coefficient (Wildman–Crippen LogP) is 5.41. The molecule has 0 bridgehead atoms. The van der Waals surface area contributed by atoms with Crippen LogP contribution in [0, 0.1) is 0 Å². The second kappa shape index (κ2) is 8.14. The van der Waals surface area contributed by atoms with Gasteiger partial charge in [-0.3, -0.25) is 4.74 Å². The molecule has 16 heteroatoms. The Bertz CT molecular complexity index is 475. The number of halogens is 13. The van der Waals surface area contributed by atoms with Crippen LogP contribution >= 0.6 is 0 Å². The average molecular weight is 438 g/mol. The summed E-state index contributed by atoms with van der Waals surface area (Å²) in [5.74, 6) is -14.5. The fraction of sp³-hybridized carbons (Fsp3) is 1.00. The van der Waals surface area contributed by atoms with Gasteiger partial charge in [-0.25, -0.2) is 4.74 Å². The second-order valence-electron chi connectivity index (χ2n) is 4.82. The molecule has 0 aliphatic heterocycles. The summed E-state index contributed by atoms with van der Waals surface area (Å²) < 4.78 is 172. The Morgan fingerprint density at radius 2 is 1.07 bits per heavy atom. The van der Waals surface area contributed by atoms with Crippen LogP contribution in [0.4, 0.5) is 57.1 Å². The molecule has 27 heavy (non-hydrogen) atoms. The molecule has 0 aromatic heterocycles. The number of alkyl halides is 13. The molecule has 0 aliphatic carbocycles. The van der Waals surface area contributed by atoms with Gasteiger partial charge in [0.15, 0.2) is 6.79 Å². The van der Waals surface area contributed by atoms with Crippen LogP contribution in [0.25, 0.3) is 0 Å². The molecular weight excluding hydrogens is 427 g/mol. The van der Waals surface area contributed by atoms with E-state index in [1.807, 2.05) is 0 Å². The highest BCUT2D eigenvalue weighted by Crippen LogP contribution is 2.53. The van der Waals surface area contributed by atoms with Crippen LogP contribution in [0.3, 0.4) is 0 Å². The third-order valence-corrected chi connectivity index (χ3v) is 2.67. The maximum atomic E-state index is 13.1. The van der Waals surface area contributed by atoms with Crippen molar-refractivity contribution in [1.82, 2.24) is 0 Å². The Labute approximate surface area is 142 Å². The number of hydrogen-bond acceptors (Lipinski definition) is 3. The van der Waals surface area contributed by atoms with Crippen LogP contribution < -0.4 is 0 Å². The molecule has 0 radical (unpaired) electrons. The molecule has 0 spiro atoms. The van der Waals surface area contributed by atoms with E-state index in [1.165, 1.54) is 4.74 Å². The lowest BCUT2D eigenvalue weighted by Crippen LogP contribution is -2.62. The molecule has 0 aromatic rings. The molecule has 0 rings (SSSR count). The summed E-state index contributed by atoms with van der Waals surface area (Å²) in [5, 5.41) is 0. The Hall–Kier alpha value is -1.03. The molecule has 164 valence electrons. The summed E-state index contributed by atoms with van der Waals surface area (Å²) in [4.78, 5) is 0. The van der Waals surface area contributed by atoms with Crippen LogP contribution in [0.2, 0.25) is 0 Å². The van der Waals surface area contributed by atoms with Crippen molar-refractivity contribution >= 4 is 0 Å². The first-order valence-electron chi connectivity index (χ1n) is 6.64.